The second-order valence-electron chi connectivity index (χ2n) is 1.01. The number of hydrogen-bond donors (Lipinski definition) is 2. The molecule has 0 amide bonds. The van der Waals surface area contributed by atoms with Crippen LogP contribution < -0.4 is 0 Å². The summed E-state index contributed by atoms with van der Waals surface area (Å²) in [5.41, 5.74) is 0. The molecule has 0 unspecified atom stereocenters. The van der Waals surface area contributed by atoms with Crippen LogP contribution in [0.15, 0.2) is 12.2 Å². The van der Waals surface area contributed by atoms with E-state index in [1.165, 1.54) is 0 Å². The molecule has 0 aromatic heterocycles. The molecule has 6 heteroatoms. The topological polar surface area (TPSA) is 74.6 Å². The summed E-state index contributed by atoms with van der Waals surface area (Å²) in [7, 11) is 0. The molecule has 50 valence electrons. The van der Waals surface area contributed by atoms with E-state index in [-0.39, 0.29) is 89.1 Å². The molecule has 0 rings (SSSR count). The van der Waals surface area contributed by atoms with Crippen LogP contribution in [0.4, 0.5) is 0 Å². The second kappa shape index (κ2) is 10.6. The molecule has 0 aliphatic rings. The van der Waals surface area contributed by atoms with Crippen molar-refractivity contribution in [2.24, 2.45) is 0 Å². The third-order valence-corrected chi connectivity index (χ3v) is 0.368. The SMILES string of the molecule is O=C(O)C=CC(=O)O.[CaH2].[KH]. The van der Waals surface area contributed by atoms with Crippen LogP contribution in [-0.2, 0) is 9.59 Å². The predicted octanol–water partition coefficient (Wildman–Crippen LogP) is -1.85. The van der Waals surface area contributed by atoms with E-state index < -0.39 is 11.9 Å². The van der Waals surface area contributed by atoms with Crippen molar-refractivity contribution in [1.82, 2.24) is 0 Å². The summed E-state index contributed by atoms with van der Waals surface area (Å²) in [4.78, 5) is 19.1. The number of carboxylic acids is 2. The molecule has 0 spiro atoms. The Morgan fingerprint density at radius 1 is 1.00 bits per heavy atom. The van der Waals surface area contributed by atoms with Crippen LogP contribution in [0.5, 0.6) is 0 Å². The molecule has 0 atom stereocenters. The van der Waals surface area contributed by atoms with E-state index in [1.807, 2.05) is 0 Å². The summed E-state index contributed by atoms with van der Waals surface area (Å²) in [6, 6.07) is 0. The molecule has 0 fully saturated rings. The number of rotatable bonds is 2. The van der Waals surface area contributed by atoms with Crippen LogP contribution in [-0.4, -0.2) is 111 Å². The number of aliphatic carboxylic acids is 2. The summed E-state index contributed by atoms with van der Waals surface area (Å²) in [5, 5.41) is 15.6. The normalized spacial score (nSPS) is 7.60. The van der Waals surface area contributed by atoms with Gasteiger partial charge in [0.2, 0.25) is 0 Å². The average Bonchev–Trinajstić information content (AvgIpc) is 1.61. The Hall–Kier alpha value is 1.58. The molecular weight excluding hydrogens is 191 g/mol. The van der Waals surface area contributed by atoms with Gasteiger partial charge in [-0.1, -0.05) is 0 Å². The predicted molar refractivity (Wildman–Crippen MR) is 40.1 cm³/mol. The molecule has 2 N–H and O–H groups in total. The first-order valence-corrected chi connectivity index (χ1v) is 1.77. The van der Waals surface area contributed by atoms with E-state index in [9.17, 15) is 9.59 Å². The third kappa shape index (κ3) is 16.3. The van der Waals surface area contributed by atoms with Gasteiger partial charge in [0, 0.05) is 12.2 Å². The van der Waals surface area contributed by atoms with Crippen molar-refractivity contribution in [3.63, 3.8) is 0 Å². The van der Waals surface area contributed by atoms with Gasteiger partial charge in [-0.15, -0.1) is 0 Å². The molecular formula is C4H7CaKO4. The van der Waals surface area contributed by atoms with Gasteiger partial charge in [-0.25, -0.2) is 9.59 Å². The second-order valence-corrected chi connectivity index (χ2v) is 1.01. The van der Waals surface area contributed by atoms with E-state index in [1.54, 1.807) is 0 Å². The summed E-state index contributed by atoms with van der Waals surface area (Å²) in [6.07, 6.45) is 1.12. The molecule has 0 aliphatic heterocycles. The van der Waals surface area contributed by atoms with Gasteiger partial charge in [-0.05, 0) is 0 Å². The van der Waals surface area contributed by atoms with Crippen molar-refractivity contribution in [3.8, 4) is 0 Å². The van der Waals surface area contributed by atoms with Crippen molar-refractivity contribution in [2.75, 3.05) is 0 Å². The molecule has 0 saturated heterocycles. The maximum absolute atomic E-state index is 9.55. The zero-order valence-corrected chi connectivity index (χ0v) is 3.87. The Labute approximate surface area is 130 Å². The Morgan fingerprint density at radius 2 is 1.20 bits per heavy atom. The Bertz CT molecular complexity index is 128. The maximum atomic E-state index is 9.55. The zero-order valence-electron chi connectivity index (χ0n) is 3.87. The van der Waals surface area contributed by atoms with Crippen LogP contribution >= 0.6 is 0 Å². The molecule has 0 aliphatic carbocycles. The van der Waals surface area contributed by atoms with Crippen LogP contribution in [0.2, 0.25) is 0 Å². The molecule has 0 aromatic rings. The summed E-state index contributed by atoms with van der Waals surface area (Å²) < 4.78 is 0. The molecule has 10 heavy (non-hydrogen) atoms. The van der Waals surface area contributed by atoms with Crippen LogP contribution in [0.3, 0.4) is 0 Å². The summed E-state index contributed by atoms with van der Waals surface area (Å²) in [5.74, 6) is -2.51. The van der Waals surface area contributed by atoms with Crippen LogP contribution in [0.25, 0.3) is 0 Å². The van der Waals surface area contributed by atoms with Gasteiger partial charge in [0.1, 0.15) is 0 Å². The van der Waals surface area contributed by atoms with Gasteiger partial charge in [-0.2, -0.15) is 0 Å². The fraction of sp³-hybridized carbons (Fsp3) is 0. The average molecular weight is 198 g/mol. The van der Waals surface area contributed by atoms with E-state index in [0.29, 0.717) is 12.2 Å². The Kier molecular flexibility index (Phi) is 18.6. The zero-order chi connectivity index (χ0) is 6.57. The number of carboxylic acid groups (broad SMARTS) is 2. The van der Waals surface area contributed by atoms with Gasteiger partial charge in [-0.3, -0.25) is 0 Å². The molecule has 0 bridgehead atoms. The van der Waals surface area contributed by atoms with Crippen molar-refractivity contribution >= 4 is 101 Å². The first-order valence-electron chi connectivity index (χ1n) is 1.77. The molecule has 0 aromatic carbocycles. The van der Waals surface area contributed by atoms with Gasteiger partial charge in [0.15, 0.2) is 0 Å². The van der Waals surface area contributed by atoms with Gasteiger partial charge in [0.05, 0.1) is 0 Å². The quantitative estimate of drug-likeness (QED) is 0.403. The number of hydrogen-bond acceptors (Lipinski definition) is 2. The van der Waals surface area contributed by atoms with Crippen LogP contribution in [0.1, 0.15) is 0 Å². The van der Waals surface area contributed by atoms with Crippen molar-refractivity contribution in [2.45, 2.75) is 0 Å². The third-order valence-electron chi connectivity index (χ3n) is 0.368. The van der Waals surface area contributed by atoms with Crippen molar-refractivity contribution in [3.05, 3.63) is 12.2 Å². The van der Waals surface area contributed by atoms with E-state index in [0.717, 1.165) is 0 Å². The summed E-state index contributed by atoms with van der Waals surface area (Å²) in [6.45, 7) is 0. The molecule has 0 heterocycles. The minimum absolute atomic E-state index is 0. The van der Waals surface area contributed by atoms with Crippen LogP contribution in [0, 0.1) is 0 Å². The molecule has 0 radical (unpaired) electrons. The van der Waals surface area contributed by atoms with Crippen molar-refractivity contribution in [1.29, 1.82) is 0 Å². The monoisotopic (exact) mass is 198 g/mol. The molecule has 0 saturated carbocycles. The first-order chi connectivity index (χ1) is 3.63. The van der Waals surface area contributed by atoms with Crippen molar-refractivity contribution < 1.29 is 19.8 Å². The fourth-order valence-electron chi connectivity index (χ4n) is 0.143. The van der Waals surface area contributed by atoms with E-state index >= 15 is 0 Å². The van der Waals surface area contributed by atoms with E-state index in [2.05, 4.69) is 0 Å². The first kappa shape index (κ1) is 17.6. The Morgan fingerprint density at radius 3 is 1.30 bits per heavy atom. The van der Waals surface area contributed by atoms with Gasteiger partial charge < -0.3 is 10.2 Å². The van der Waals surface area contributed by atoms with Gasteiger partial charge in [0.25, 0.3) is 0 Å². The number of carbonyl (C=O) groups is 2. The standard InChI is InChI=1S/C4H4O4.Ca.K.3H/c5-3(6)1-2-4(7)8;;;;;/h1-2H,(H,5,6)(H,7,8);;;;;. The van der Waals surface area contributed by atoms with Gasteiger partial charge >= 0.3 is 101 Å². The summed E-state index contributed by atoms with van der Waals surface area (Å²) >= 11 is 0. The minimum atomic E-state index is -1.26. The Balaban J connectivity index is -0.000000245. The molecule has 4 nitrogen and oxygen atoms in total. The van der Waals surface area contributed by atoms with E-state index in [4.69, 9.17) is 10.2 Å². The fourth-order valence-corrected chi connectivity index (χ4v) is 0.143.